The smallest absolute Gasteiger partial charge is 0.0412 e. The van der Waals surface area contributed by atoms with Gasteiger partial charge in [-0.15, -0.1) is 0 Å². The van der Waals surface area contributed by atoms with Crippen molar-refractivity contribution in [1.29, 1.82) is 0 Å². The van der Waals surface area contributed by atoms with Gasteiger partial charge < -0.3 is 10.2 Å². The Morgan fingerprint density at radius 2 is 2.11 bits per heavy atom. The Morgan fingerprint density at radius 3 is 2.74 bits per heavy atom. The summed E-state index contributed by atoms with van der Waals surface area (Å²) in [6.07, 6.45) is 2.49. The van der Waals surface area contributed by atoms with Crippen LogP contribution in [0.5, 0.6) is 0 Å². The predicted octanol–water partition coefficient (Wildman–Crippen LogP) is 3.73. The first-order chi connectivity index (χ1) is 9.02. The molecule has 2 rings (SSSR count). The predicted molar refractivity (Wildman–Crippen MR) is 83.8 cm³/mol. The average molecular weight is 260 g/mol. The van der Waals surface area contributed by atoms with Crippen molar-refractivity contribution in [3.8, 4) is 0 Å². The van der Waals surface area contributed by atoms with Crippen molar-refractivity contribution < 1.29 is 0 Å². The summed E-state index contributed by atoms with van der Waals surface area (Å²) in [5.41, 5.74) is 4.69. The van der Waals surface area contributed by atoms with E-state index in [9.17, 15) is 0 Å². The lowest BCUT2D eigenvalue weighted by atomic mass is 9.93. The molecular formula is C17H28N2. The van der Waals surface area contributed by atoms with Gasteiger partial charge in [-0.05, 0) is 43.4 Å². The van der Waals surface area contributed by atoms with E-state index in [0.717, 1.165) is 13.1 Å². The van der Waals surface area contributed by atoms with Crippen LogP contribution in [-0.2, 0) is 6.54 Å². The molecule has 1 N–H and O–H groups in total. The number of hydrogen-bond acceptors (Lipinski definition) is 2. The molecule has 1 aromatic carbocycles. The molecule has 0 amide bonds. The Hall–Kier alpha value is -1.02. The Morgan fingerprint density at radius 1 is 1.32 bits per heavy atom. The van der Waals surface area contributed by atoms with E-state index in [2.05, 4.69) is 56.1 Å². The van der Waals surface area contributed by atoms with Crippen LogP contribution in [0, 0.1) is 12.3 Å². The molecular weight excluding hydrogens is 232 g/mol. The molecule has 0 saturated carbocycles. The van der Waals surface area contributed by atoms with Crippen molar-refractivity contribution >= 4 is 5.69 Å². The van der Waals surface area contributed by atoms with Crippen molar-refractivity contribution in [2.75, 3.05) is 24.5 Å². The molecule has 1 heterocycles. The third kappa shape index (κ3) is 3.73. The molecule has 0 aromatic heterocycles. The van der Waals surface area contributed by atoms with Crippen LogP contribution in [0.3, 0.4) is 0 Å². The van der Waals surface area contributed by atoms with Gasteiger partial charge in [0, 0.05) is 25.3 Å². The Labute approximate surface area is 118 Å². The molecule has 1 aromatic rings. The van der Waals surface area contributed by atoms with Gasteiger partial charge in [0.25, 0.3) is 0 Å². The molecule has 0 aliphatic carbocycles. The van der Waals surface area contributed by atoms with Crippen LogP contribution in [0.25, 0.3) is 0 Å². The summed E-state index contributed by atoms with van der Waals surface area (Å²) in [6, 6.07) is 6.88. The van der Waals surface area contributed by atoms with Gasteiger partial charge in [-0.3, -0.25) is 0 Å². The lowest BCUT2D eigenvalue weighted by Gasteiger charge is -2.24. The standard InChI is InChI=1S/C17H28N2/c1-5-9-18-12-15-11-14(2)6-7-16(15)19-10-8-17(3,4)13-19/h6-7,11,18H,5,8-10,12-13H2,1-4H3. The van der Waals surface area contributed by atoms with E-state index in [4.69, 9.17) is 0 Å². The maximum atomic E-state index is 3.54. The van der Waals surface area contributed by atoms with Crippen molar-refractivity contribution in [3.05, 3.63) is 29.3 Å². The van der Waals surface area contributed by atoms with Crippen molar-refractivity contribution in [1.82, 2.24) is 5.32 Å². The first kappa shape index (κ1) is 14.4. The normalized spacial score (nSPS) is 18.0. The van der Waals surface area contributed by atoms with E-state index in [0.29, 0.717) is 5.41 Å². The van der Waals surface area contributed by atoms with Crippen molar-refractivity contribution in [2.24, 2.45) is 5.41 Å². The molecule has 1 fully saturated rings. The van der Waals surface area contributed by atoms with Gasteiger partial charge in [0.15, 0.2) is 0 Å². The summed E-state index contributed by atoms with van der Waals surface area (Å²) < 4.78 is 0. The highest BCUT2D eigenvalue weighted by Gasteiger charge is 2.30. The van der Waals surface area contributed by atoms with E-state index in [1.807, 2.05) is 0 Å². The van der Waals surface area contributed by atoms with Crippen LogP contribution < -0.4 is 10.2 Å². The lowest BCUT2D eigenvalue weighted by Crippen LogP contribution is -2.25. The van der Waals surface area contributed by atoms with Gasteiger partial charge in [-0.25, -0.2) is 0 Å². The first-order valence-corrected chi connectivity index (χ1v) is 7.57. The van der Waals surface area contributed by atoms with Gasteiger partial charge in [0.05, 0.1) is 0 Å². The summed E-state index contributed by atoms with van der Waals surface area (Å²) >= 11 is 0. The highest BCUT2D eigenvalue weighted by atomic mass is 15.2. The fraction of sp³-hybridized carbons (Fsp3) is 0.647. The molecule has 0 bridgehead atoms. The van der Waals surface area contributed by atoms with Gasteiger partial charge in [0.2, 0.25) is 0 Å². The minimum atomic E-state index is 0.457. The third-order valence-electron chi connectivity index (χ3n) is 4.00. The largest absolute Gasteiger partial charge is 0.371 e. The van der Waals surface area contributed by atoms with Crippen LogP contribution in [0.1, 0.15) is 44.7 Å². The zero-order chi connectivity index (χ0) is 13.9. The van der Waals surface area contributed by atoms with Gasteiger partial charge in [-0.1, -0.05) is 38.5 Å². The van der Waals surface area contributed by atoms with E-state index in [-0.39, 0.29) is 0 Å². The minimum Gasteiger partial charge on any atom is -0.371 e. The Bertz CT molecular complexity index is 423. The second-order valence-corrected chi connectivity index (χ2v) is 6.64. The summed E-state index contributed by atoms with van der Waals surface area (Å²) in [5.74, 6) is 0. The topological polar surface area (TPSA) is 15.3 Å². The zero-order valence-electron chi connectivity index (χ0n) is 12.9. The number of benzene rings is 1. The fourth-order valence-corrected chi connectivity index (χ4v) is 2.88. The van der Waals surface area contributed by atoms with Crippen LogP contribution in [-0.4, -0.2) is 19.6 Å². The summed E-state index contributed by atoms with van der Waals surface area (Å²) in [4.78, 5) is 2.56. The molecule has 0 radical (unpaired) electrons. The molecule has 0 unspecified atom stereocenters. The maximum absolute atomic E-state index is 3.54. The van der Waals surface area contributed by atoms with Gasteiger partial charge in [-0.2, -0.15) is 0 Å². The summed E-state index contributed by atoms with van der Waals surface area (Å²) in [7, 11) is 0. The third-order valence-corrected chi connectivity index (χ3v) is 4.00. The molecule has 2 nitrogen and oxygen atoms in total. The molecule has 1 aliphatic heterocycles. The highest BCUT2D eigenvalue weighted by Crippen LogP contribution is 2.34. The molecule has 0 atom stereocenters. The van der Waals surface area contributed by atoms with E-state index in [1.165, 1.54) is 42.7 Å². The van der Waals surface area contributed by atoms with Crippen LogP contribution >= 0.6 is 0 Å². The van der Waals surface area contributed by atoms with Crippen LogP contribution in [0.4, 0.5) is 5.69 Å². The maximum Gasteiger partial charge on any atom is 0.0412 e. The zero-order valence-corrected chi connectivity index (χ0v) is 12.9. The number of nitrogens with zero attached hydrogens (tertiary/aromatic N) is 1. The molecule has 1 aliphatic rings. The van der Waals surface area contributed by atoms with E-state index < -0.39 is 0 Å². The average Bonchev–Trinajstić information content (AvgIpc) is 2.70. The van der Waals surface area contributed by atoms with Gasteiger partial charge in [0.1, 0.15) is 0 Å². The number of anilines is 1. The monoisotopic (exact) mass is 260 g/mol. The van der Waals surface area contributed by atoms with Crippen molar-refractivity contribution in [3.63, 3.8) is 0 Å². The fourth-order valence-electron chi connectivity index (χ4n) is 2.88. The first-order valence-electron chi connectivity index (χ1n) is 7.57. The number of aryl methyl sites for hydroxylation is 1. The molecule has 19 heavy (non-hydrogen) atoms. The van der Waals surface area contributed by atoms with Crippen LogP contribution in [0.2, 0.25) is 0 Å². The van der Waals surface area contributed by atoms with E-state index >= 15 is 0 Å². The number of rotatable bonds is 5. The summed E-state index contributed by atoms with van der Waals surface area (Å²) in [5, 5.41) is 3.54. The Kier molecular flexibility index (Phi) is 4.51. The van der Waals surface area contributed by atoms with Crippen molar-refractivity contribution in [2.45, 2.75) is 47.1 Å². The second-order valence-electron chi connectivity index (χ2n) is 6.64. The quantitative estimate of drug-likeness (QED) is 0.812. The SMILES string of the molecule is CCCNCc1cc(C)ccc1N1CCC(C)(C)C1. The van der Waals surface area contributed by atoms with E-state index in [1.54, 1.807) is 0 Å². The number of nitrogens with one attached hydrogen (secondary N) is 1. The summed E-state index contributed by atoms with van der Waals surface area (Å²) in [6.45, 7) is 13.6. The Balaban J connectivity index is 2.15. The lowest BCUT2D eigenvalue weighted by molar-refractivity contribution is 0.418. The number of hydrogen-bond donors (Lipinski definition) is 1. The van der Waals surface area contributed by atoms with Gasteiger partial charge >= 0.3 is 0 Å². The highest BCUT2D eigenvalue weighted by molar-refractivity contribution is 5.56. The second kappa shape index (κ2) is 5.96. The van der Waals surface area contributed by atoms with Crippen LogP contribution in [0.15, 0.2) is 18.2 Å². The molecule has 2 heteroatoms. The minimum absolute atomic E-state index is 0.457. The molecule has 1 saturated heterocycles. The molecule has 0 spiro atoms. The molecule has 106 valence electrons.